The van der Waals surface area contributed by atoms with Crippen LogP contribution in [0.4, 0.5) is 5.69 Å². The highest BCUT2D eigenvalue weighted by Gasteiger charge is 2.38. The van der Waals surface area contributed by atoms with E-state index < -0.39 is 6.04 Å². The summed E-state index contributed by atoms with van der Waals surface area (Å²) in [6.45, 7) is 6.54. The molecular weight excluding hydrogens is 478 g/mol. The molecule has 5 rings (SSSR count). The number of unbranched alkanes of at least 4 members (excludes halogenated alkanes) is 1. The zero-order chi connectivity index (χ0) is 26.6. The summed E-state index contributed by atoms with van der Waals surface area (Å²) in [7, 11) is 0. The number of anilines is 1. The van der Waals surface area contributed by atoms with Crippen LogP contribution in [0.25, 0.3) is 5.69 Å². The number of aromatic nitrogens is 1. The van der Waals surface area contributed by atoms with Crippen LogP contribution in [0.1, 0.15) is 61.5 Å². The molecule has 1 aliphatic rings. The molecule has 0 saturated carbocycles. The standard InChI is InChI=1S/C31H33N3O4/c1-4-5-19-37-24-16-14-23(15-17-24)31(36)33(22(2)3)21-29(35)34-26-11-7-6-10-25(26)32-18-8-12-27(32)30(34)28-13-9-20-38-28/h6-18,20,22,30H,4-5,19,21H2,1-3H3. The van der Waals surface area contributed by atoms with Gasteiger partial charge in [0.05, 0.1) is 29.9 Å². The Balaban J connectivity index is 1.44. The van der Waals surface area contributed by atoms with E-state index in [0.29, 0.717) is 17.9 Å². The number of hydrogen-bond donors (Lipinski definition) is 0. The Morgan fingerprint density at radius 2 is 1.74 bits per heavy atom. The second-order valence-electron chi connectivity index (χ2n) is 9.73. The minimum atomic E-state index is -0.453. The van der Waals surface area contributed by atoms with Gasteiger partial charge >= 0.3 is 0 Å². The van der Waals surface area contributed by atoms with Crippen molar-refractivity contribution in [3.8, 4) is 11.4 Å². The molecule has 0 bridgehead atoms. The van der Waals surface area contributed by atoms with Crippen LogP contribution in [-0.4, -0.2) is 40.5 Å². The number of benzene rings is 2. The highest BCUT2D eigenvalue weighted by Crippen LogP contribution is 2.42. The first-order valence-corrected chi connectivity index (χ1v) is 13.2. The third kappa shape index (κ3) is 4.84. The molecule has 3 heterocycles. The van der Waals surface area contributed by atoms with Crippen LogP contribution in [0.15, 0.2) is 89.7 Å². The lowest BCUT2D eigenvalue weighted by molar-refractivity contribution is -0.120. The van der Waals surface area contributed by atoms with Gasteiger partial charge in [-0.25, -0.2) is 0 Å². The number of rotatable bonds is 9. The molecule has 0 radical (unpaired) electrons. The van der Waals surface area contributed by atoms with E-state index in [2.05, 4.69) is 11.5 Å². The summed E-state index contributed by atoms with van der Waals surface area (Å²) in [5.74, 6) is 1.01. The number of furan rings is 1. The lowest BCUT2D eigenvalue weighted by Crippen LogP contribution is -2.48. The normalized spacial score (nSPS) is 14.2. The number of carbonyl (C=O) groups excluding carboxylic acids is 2. The molecule has 0 fully saturated rings. The van der Waals surface area contributed by atoms with Gasteiger partial charge in [0.1, 0.15) is 24.1 Å². The molecule has 2 amide bonds. The fourth-order valence-electron chi connectivity index (χ4n) is 4.88. The van der Waals surface area contributed by atoms with E-state index in [-0.39, 0.29) is 24.4 Å². The van der Waals surface area contributed by atoms with Crippen molar-refractivity contribution in [2.75, 3.05) is 18.1 Å². The molecule has 1 aliphatic heterocycles. The van der Waals surface area contributed by atoms with Crippen molar-refractivity contribution in [3.05, 3.63) is 102 Å². The van der Waals surface area contributed by atoms with Crippen molar-refractivity contribution >= 4 is 17.5 Å². The van der Waals surface area contributed by atoms with E-state index in [1.807, 2.05) is 80.7 Å². The van der Waals surface area contributed by atoms with Gasteiger partial charge < -0.3 is 18.6 Å². The van der Waals surface area contributed by atoms with Gasteiger partial charge in [-0.2, -0.15) is 0 Å². The number of para-hydroxylation sites is 2. The highest BCUT2D eigenvalue weighted by atomic mass is 16.5. The first-order valence-electron chi connectivity index (χ1n) is 13.2. The fraction of sp³-hybridized carbons (Fsp3) is 0.290. The van der Waals surface area contributed by atoms with Gasteiger partial charge in [0.25, 0.3) is 5.91 Å². The third-order valence-corrected chi connectivity index (χ3v) is 6.86. The number of carbonyl (C=O) groups is 2. The van der Waals surface area contributed by atoms with Crippen LogP contribution >= 0.6 is 0 Å². The quantitative estimate of drug-likeness (QED) is 0.250. The van der Waals surface area contributed by atoms with Gasteiger partial charge in [-0.1, -0.05) is 25.5 Å². The van der Waals surface area contributed by atoms with E-state index in [1.165, 1.54) is 0 Å². The summed E-state index contributed by atoms with van der Waals surface area (Å²) in [4.78, 5) is 31.1. The summed E-state index contributed by atoms with van der Waals surface area (Å²) >= 11 is 0. The van der Waals surface area contributed by atoms with Crippen molar-refractivity contribution in [2.45, 2.75) is 45.7 Å². The van der Waals surface area contributed by atoms with Crippen LogP contribution in [0.5, 0.6) is 5.75 Å². The number of fused-ring (bicyclic) bond motifs is 3. The van der Waals surface area contributed by atoms with Crippen molar-refractivity contribution in [1.82, 2.24) is 9.47 Å². The molecule has 0 N–H and O–H groups in total. The Kier molecular flexibility index (Phi) is 7.36. The van der Waals surface area contributed by atoms with E-state index >= 15 is 0 Å². The summed E-state index contributed by atoms with van der Waals surface area (Å²) in [6.07, 6.45) is 5.65. The number of ether oxygens (including phenoxy) is 1. The van der Waals surface area contributed by atoms with Gasteiger partial charge in [0, 0.05) is 17.8 Å². The first kappa shape index (κ1) is 25.4. The van der Waals surface area contributed by atoms with Crippen molar-refractivity contribution in [3.63, 3.8) is 0 Å². The average Bonchev–Trinajstić information content (AvgIpc) is 3.64. The van der Waals surface area contributed by atoms with Crippen LogP contribution in [0.3, 0.4) is 0 Å². The molecule has 0 saturated heterocycles. The Morgan fingerprint density at radius 3 is 2.42 bits per heavy atom. The molecule has 7 heteroatoms. The van der Waals surface area contributed by atoms with E-state index in [1.54, 1.807) is 28.2 Å². The second kappa shape index (κ2) is 11.0. The van der Waals surface area contributed by atoms with Crippen LogP contribution in [0, 0.1) is 0 Å². The van der Waals surface area contributed by atoms with Crippen LogP contribution < -0.4 is 9.64 Å². The van der Waals surface area contributed by atoms with Gasteiger partial charge in [0.15, 0.2) is 0 Å². The Morgan fingerprint density at radius 1 is 0.974 bits per heavy atom. The van der Waals surface area contributed by atoms with Gasteiger partial charge in [-0.15, -0.1) is 0 Å². The van der Waals surface area contributed by atoms with E-state index in [0.717, 1.165) is 35.7 Å². The molecule has 0 aliphatic carbocycles. The molecule has 0 spiro atoms. The lowest BCUT2D eigenvalue weighted by Gasteiger charge is -2.38. The molecular formula is C31H33N3O4. The summed E-state index contributed by atoms with van der Waals surface area (Å²) in [5, 5.41) is 0. The molecule has 38 heavy (non-hydrogen) atoms. The van der Waals surface area contributed by atoms with Crippen molar-refractivity contribution < 1.29 is 18.7 Å². The Labute approximate surface area is 223 Å². The molecule has 1 atom stereocenters. The number of amides is 2. The monoisotopic (exact) mass is 511 g/mol. The number of nitrogens with zero attached hydrogens (tertiary/aromatic N) is 3. The highest BCUT2D eigenvalue weighted by molar-refractivity contribution is 6.02. The molecule has 7 nitrogen and oxygen atoms in total. The minimum absolute atomic E-state index is 0.0719. The van der Waals surface area contributed by atoms with Crippen LogP contribution in [0.2, 0.25) is 0 Å². The number of hydrogen-bond acceptors (Lipinski definition) is 4. The minimum Gasteiger partial charge on any atom is -0.494 e. The first-order chi connectivity index (χ1) is 18.5. The van der Waals surface area contributed by atoms with Gasteiger partial charge in [-0.3, -0.25) is 14.5 Å². The molecule has 2 aromatic heterocycles. The maximum Gasteiger partial charge on any atom is 0.254 e. The maximum atomic E-state index is 14.1. The average molecular weight is 512 g/mol. The van der Waals surface area contributed by atoms with Gasteiger partial charge in [0.2, 0.25) is 5.91 Å². The lowest BCUT2D eigenvalue weighted by atomic mass is 10.0. The predicted molar refractivity (Wildman–Crippen MR) is 147 cm³/mol. The summed E-state index contributed by atoms with van der Waals surface area (Å²) in [6, 6.07) is 22.0. The Bertz CT molecular complexity index is 1390. The smallest absolute Gasteiger partial charge is 0.254 e. The van der Waals surface area contributed by atoms with E-state index in [4.69, 9.17) is 9.15 Å². The molecule has 196 valence electrons. The molecule has 2 aromatic carbocycles. The van der Waals surface area contributed by atoms with Crippen molar-refractivity contribution in [2.24, 2.45) is 0 Å². The van der Waals surface area contributed by atoms with Crippen LogP contribution in [-0.2, 0) is 4.79 Å². The topological polar surface area (TPSA) is 67.9 Å². The molecule has 1 unspecified atom stereocenters. The van der Waals surface area contributed by atoms with Crippen molar-refractivity contribution in [1.29, 1.82) is 0 Å². The predicted octanol–water partition coefficient (Wildman–Crippen LogP) is 6.24. The molecule has 4 aromatic rings. The third-order valence-electron chi connectivity index (χ3n) is 6.86. The summed E-state index contributed by atoms with van der Waals surface area (Å²) < 4.78 is 13.6. The zero-order valence-electron chi connectivity index (χ0n) is 22.0. The Hall–Kier alpha value is -4.26. The second-order valence-corrected chi connectivity index (χ2v) is 9.73. The van der Waals surface area contributed by atoms with E-state index in [9.17, 15) is 9.59 Å². The fourth-order valence-corrected chi connectivity index (χ4v) is 4.88. The van der Waals surface area contributed by atoms with Gasteiger partial charge in [-0.05, 0) is 80.9 Å². The largest absolute Gasteiger partial charge is 0.494 e. The SMILES string of the molecule is CCCCOc1ccc(C(=O)N(CC(=O)N2c3ccccc3-n3cccc3C2c2ccco2)C(C)C)cc1. The summed E-state index contributed by atoms with van der Waals surface area (Å²) in [5.41, 5.74) is 3.12. The zero-order valence-corrected chi connectivity index (χ0v) is 22.0. The maximum absolute atomic E-state index is 14.1.